The SMILES string of the molecule is CC(=O)NCCNC(=O)c1ccc(C)cc1F. The number of carbonyl (C=O) groups is 2. The first-order valence-electron chi connectivity index (χ1n) is 5.29. The number of benzene rings is 1. The molecule has 1 rings (SSSR count). The molecule has 1 aromatic carbocycles. The molecule has 0 bridgehead atoms. The molecule has 0 radical (unpaired) electrons. The quantitative estimate of drug-likeness (QED) is 0.769. The van der Waals surface area contributed by atoms with E-state index in [-0.39, 0.29) is 18.0 Å². The molecule has 92 valence electrons. The molecule has 0 saturated heterocycles. The maximum atomic E-state index is 13.4. The molecule has 0 unspecified atom stereocenters. The predicted octanol–water partition coefficient (Wildman–Crippen LogP) is 1.00. The van der Waals surface area contributed by atoms with Crippen molar-refractivity contribution in [2.45, 2.75) is 13.8 Å². The van der Waals surface area contributed by atoms with Crippen LogP contribution in [0.4, 0.5) is 4.39 Å². The second-order valence-electron chi connectivity index (χ2n) is 3.72. The highest BCUT2D eigenvalue weighted by molar-refractivity contribution is 5.94. The first-order valence-corrected chi connectivity index (χ1v) is 5.29. The van der Waals surface area contributed by atoms with Crippen molar-refractivity contribution >= 4 is 11.8 Å². The lowest BCUT2D eigenvalue weighted by Crippen LogP contribution is -2.34. The standard InChI is InChI=1S/C12H15FN2O2/c1-8-3-4-10(11(13)7-8)12(17)15-6-5-14-9(2)16/h3-4,7H,5-6H2,1-2H3,(H,14,16)(H,15,17). The molecule has 0 fully saturated rings. The fourth-order valence-corrected chi connectivity index (χ4v) is 1.31. The van der Waals surface area contributed by atoms with Crippen LogP contribution < -0.4 is 10.6 Å². The lowest BCUT2D eigenvalue weighted by Gasteiger charge is -2.06. The molecule has 5 heteroatoms. The van der Waals surface area contributed by atoms with Crippen molar-refractivity contribution in [1.82, 2.24) is 10.6 Å². The number of carbonyl (C=O) groups excluding carboxylic acids is 2. The van der Waals surface area contributed by atoms with E-state index in [0.717, 1.165) is 5.56 Å². The molecule has 0 aliphatic rings. The van der Waals surface area contributed by atoms with Gasteiger partial charge in [0.05, 0.1) is 5.56 Å². The zero-order valence-electron chi connectivity index (χ0n) is 9.84. The smallest absolute Gasteiger partial charge is 0.254 e. The fraction of sp³-hybridized carbons (Fsp3) is 0.333. The lowest BCUT2D eigenvalue weighted by atomic mass is 10.1. The van der Waals surface area contributed by atoms with Crippen molar-refractivity contribution in [3.8, 4) is 0 Å². The fourth-order valence-electron chi connectivity index (χ4n) is 1.31. The second-order valence-corrected chi connectivity index (χ2v) is 3.72. The highest BCUT2D eigenvalue weighted by Gasteiger charge is 2.10. The van der Waals surface area contributed by atoms with E-state index in [0.29, 0.717) is 6.54 Å². The van der Waals surface area contributed by atoms with Crippen LogP contribution in [0.25, 0.3) is 0 Å². The van der Waals surface area contributed by atoms with Crippen molar-refractivity contribution < 1.29 is 14.0 Å². The van der Waals surface area contributed by atoms with Gasteiger partial charge in [0.25, 0.3) is 5.91 Å². The molecule has 0 aromatic heterocycles. The van der Waals surface area contributed by atoms with Crippen LogP contribution in [0, 0.1) is 12.7 Å². The van der Waals surface area contributed by atoms with Crippen LogP contribution >= 0.6 is 0 Å². The van der Waals surface area contributed by atoms with Gasteiger partial charge in [0.1, 0.15) is 5.82 Å². The Morgan fingerprint density at radius 3 is 2.47 bits per heavy atom. The molecule has 2 amide bonds. The summed E-state index contributed by atoms with van der Waals surface area (Å²) in [6, 6.07) is 4.42. The Kier molecular flexibility index (Phi) is 4.63. The largest absolute Gasteiger partial charge is 0.355 e. The van der Waals surface area contributed by atoms with Gasteiger partial charge in [-0.3, -0.25) is 9.59 Å². The van der Waals surface area contributed by atoms with Gasteiger partial charge in [-0.15, -0.1) is 0 Å². The van der Waals surface area contributed by atoms with E-state index in [1.54, 1.807) is 13.0 Å². The Labute approximate surface area is 99.2 Å². The minimum atomic E-state index is -0.540. The third-order valence-electron chi connectivity index (χ3n) is 2.15. The topological polar surface area (TPSA) is 58.2 Å². The summed E-state index contributed by atoms with van der Waals surface area (Å²) in [5.41, 5.74) is 0.774. The van der Waals surface area contributed by atoms with E-state index in [1.807, 2.05) is 0 Å². The van der Waals surface area contributed by atoms with Crippen LogP contribution in [0.15, 0.2) is 18.2 Å². The minimum absolute atomic E-state index is 0.0124. The molecule has 0 atom stereocenters. The first kappa shape index (κ1) is 13.2. The Morgan fingerprint density at radius 2 is 1.88 bits per heavy atom. The summed E-state index contributed by atoms with van der Waals surface area (Å²) in [6.07, 6.45) is 0. The Morgan fingerprint density at radius 1 is 1.24 bits per heavy atom. The van der Waals surface area contributed by atoms with Crippen LogP contribution in [0.1, 0.15) is 22.8 Å². The third kappa shape index (κ3) is 4.22. The average molecular weight is 238 g/mol. The number of nitrogens with one attached hydrogen (secondary N) is 2. The van der Waals surface area contributed by atoms with Gasteiger partial charge >= 0.3 is 0 Å². The average Bonchev–Trinajstić information content (AvgIpc) is 2.23. The van der Waals surface area contributed by atoms with Crippen LogP contribution in [0.5, 0.6) is 0 Å². The number of hydrogen-bond acceptors (Lipinski definition) is 2. The number of amides is 2. The maximum Gasteiger partial charge on any atom is 0.254 e. The van der Waals surface area contributed by atoms with Gasteiger partial charge in [0, 0.05) is 20.0 Å². The Bertz CT molecular complexity index is 433. The van der Waals surface area contributed by atoms with Gasteiger partial charge in [0.2, 0.25) is 5.91 Å². The maximum absolute atomic E-state index is 13.4. The molecule has 0 aliphatic carbocycles. The summed E-state index contributed by atoms with van der Waals surface area (Å²) >= 11 is 0. The molecule has 1 aromatic rings. The highest BCUT2D eigenvalue weighted by Crippen LogP contribution is 2.09. The lowest BCUT2D eigenvalue weighted by molar-refractivity contribution is -0.118. The molecule has 2 N–H and O–H groups in total. The number of aryl methyl sites for hydroxylation is 1. The van der Waals surface area contributed by atoms with E-state index >= 15 is 0 Å². The van der Waals surface area contributed by atoms with E-state index in [2.05, 4.69) is 10.6 Å². The van der Waals surface area contributed by atoms with Gasteiger partial charge in [-0.25, -0.2) is 4.39 Å². The van der Waals surface area contributed by atoms with Gasteiger partial charge < -0.3 is 10.6 Å². The summed E-state index contributed by atoms with van der Waals surface area (Å²) in [6.45, 7) is 3.74. The molecule has 0 spiro atoms. The van der Waals surface area contributed by atoms with Crippen molar-refractivity contribution in [2.75, 3.05) is 13.1 Å². The van der Waals surface area contributed by atoms with E-state index < -0.39 is 11.7 Å². The van der Waals surface area contributed by atoms with Crippen LogP contribution in [0.3, 0.4) is 0 Å². The van der Waals surface area contributed by atoms with E-state index in [9.17, 15) is 14.0 Å². The highest BCUT2D eigenvalue weighted by atomic mass is 19.1. The van der Waals surface area contributed by atoms with Gasteiger partial charge in [-0.2, -0.15) is 0 Å². The zero-order valence-corrected chi connectivity index (χ0v) is 9.84. The number of hydrogen-bond donors (Lipinski definition) is 2. The van der Waals surface area contributed by atoms with E-state index in [4.69, 9.17) is 0 Å². The zero-order chi connectivity index (χ0) is 12.8. The van der Waals surface area contributed by atoms with Crippen LogP contribution in [-0.4, -0.2) is 24.9 Å². The van der Waals surface area contributed by atoms with Crippen LogP contribution in [-0.2, 0) is 4.79 Å². The van der Waals surface area contributed by atoms with Crippen molar-refractivity contribution in [1.29, 1.82) is 0 Å². The van der Waals surface area contributed by atoms with Gasteiger partial charge in [-0.05, 0) is 24.6 Å². The van der Waals surface area contributed by atoms with Crippen LogP contribution in [0.2, 0.25) is 0 Å². The van der Waals surface area contributed by atoms with Crippen molar-refractivity contribution in [3.05, 3.63) is 35.1 Å². The number of halogens is 1. The monoisotopic (exact) mass is 238 g/mol. The summed E-state index contributed by atoms with van der Waals surface area (Å²) in [4.78, 5) is 22.1. The molecule has 0 saturated carbocycles. The normalized spacial score (nSPS) is 9.82. The van der Waals surface area contributed by atoms with Gasteiger partial charge in [-0.1, -0.05) is 6.07 Å². The molecule has 17 heavy (non-hydrogen) atoms. The number of rotatable bonds is 4. The first-order chi connectivity index (χ1) is 8.00. The molecule has 0 aliphatic heterocycles. The second kappa shape index (κ2) is 5.98. The molecule has 0 heterocycles. The predicted molar refractivity (Wildman–Crippen MR) is 62.2 cm³/mol. The molecule has 4 nitrogen and oxygen atoms in total. The summed E-state index contributed by atoms with van der Waals surface area (Å²) in [5.74, 6) is -1.18. The van der Waals surface area contributed by atoms with Crippen molar-refractivity contribution in [3.63, 3.8) is 0 Å². The Hall–Kier alpha value is -1.91. The summed E-state index contributed by atoms with van der Waals surface area (Å²) < 4.78 is 13.4. The molecular formula is C12H15FN2O2. The minimum Gasteiger partial charge on any atom is -0.355 e. The van der Waals surface area contributed by atoms with E-state index in [1.165, 1.54) is 19.1 Å². The summed E-state index contributed by atoms with van der Waals surface area (Å²) in [7, 11) is 0. The van der Waals surface area contributed by atoms with Gasteiger partial charge in [0.15, 0.2) is 0 Å². The third-order valence-corrected chi connectivity index (χ3v) is 2.15. The van der Waals surface area contributed by atoms with Crippen molar-refractivity contribution in [2.24, 2.45) is 0 Å². The molecular weight excluding hydrogens is 223 g/mol. The summed E-state index contributed by atoms with van der Waals surface area (Å²) in [5, 5.41) is 5.05. The Balaban J connectivity index is 2.50.